The minimum Gasteiger partial charge on any atom is -0.310 e. The van der Waals surface area contributed by atoms with E-state index in [0.29, 0.717) is 0 Å². The van der Waals surface area contributed by atoms with Crippen molar-refractivity contribution in [2.45, 2.75) is 0 Å². The number of hydrogen-bond acceptors (Lipinski definition) is 6. The van der Waals surface area contributed by atoms with E-state index >= 15 is 0 Å². The Balaban J connectivity index is 0.714. The maximum atomic E-state index is 5.31. The number of pyridine rings is 2. The van der Waals surface area contributed by atoms with Crippen molar-refractivity contribution in [3.8, 4) is 89.0 Å². The van der Waals surface area contributed by atoms with Gasteiger partial charge in [-0.25, -0.2) is 4.98 Å². The molecule has 0 fully saturated rings. The molecule has 0 N–H and O–H groups in total. The third kappa shape index (κ3) is 7.98. The quantitative estimate of drug-likeness (QED) is 0.137. The van der Waals surface area contributed by atoms with E-state index in [1.54, 1.807) is 0 Å². The second-order valence-electron chi connectivity index (χ2n) is 23.6. The zero-order valence-corrected chi connectivity index (χ0v) is 50.1. The summed E-state index contributed by atoms with van der Waals surface area (Å²) in [6, 6.07) is 105. The Labute approximate surface area is 527 Å². The Bertz CT molecular complexity index is 5770. The van der Waals surface area contributed by atoms with Crippen LogP contribution in [0.3, 0.4) is 0 Å². The summed E-state index contributed by atoms with van der Waals surface area (Å²) in [7, 11) is 0. The molecule has 2 aliphatic carbocycles. The molecule has 0 amide bonds. The van der Waals surface area contributed by atoms with E-state index < -0.39 is 0 Å². The third-order valence-electron chi connectivity index (χ3n) is 18.7. The van der Waals surface area contributed by atoms with Gasteiger partial charge in [0.05, 0.1) is 5.69 Å². The number of fused-ring (bicyclic) bond motifs is 12. The van der Waals surface area contributed by atoms with Crippen molar-refractivity contribution in [1.29, 1.82) is 0 Å². The van der Waals surface area contributed by atoms with Crippen LogP contribution in [-0.2, 0) is 0 Å². The fourth-order valence-corrected chi connectivity index (χ4v) is 16.6. The normalized spacial score (nSPS) is 12.0. The molecule has 0 radical (unpaired) electrons. The number of nitrogens with zero attached hydrogens (tertiary/aromatic N) is 4. The van der Waals surface area contributed by atoms with E-state index in [1.807, 2.05) is 35.1 Å². The molecule has 4 aromatic heterocycles. The molecule has 6 heteroatoms. The summed E-state index contributed by atoms with van der Waals surface area (Å²) in [6.07, 6.45) is 5.97. The van der Waals surface area contributed by atoms with Crippen LogP contribution in [0.1, 0.15) is 0 Å². The van der Waals surface area contributed by atoms with Gasteiger partial charge < -0.3 is 4.90 Å². The summed E-state index contributed by atoms with van der Waals surface area (Å²) in [5.74, 6) is 0.880. The van der Waals surface area contributed by atoms with Gasteiger partial charge in [-0.2, -0.15) is 0 Å². The Kier molecular flexibility index (Phi) is 11.4. The Morgan fingerprint density at radius 2 is 0.800 bits per heavy atom. The predicted molar refractivity (Wildman–Crippen MR) is 383 cm³/mol. The lowest BCUT2D eigenvalue weighted by Crippen LogP contribution is -2.12. The smallest absolute Gasteiger partial charge is 0.138 e. The van der Waals surface area contributed by atoms with Crippen molar-refractivity contribution in [3.05, 3.63) is 304 Å². The Morgan fingerprint density at radius 3 is 1.57 bits per heavy atom. The summed E-state index contributed by atoms with van der Waals surface area (Å²) in [5.41, 5.74) is 25.0. The molecule has 0 spiro atoms. The van der Waals surface area contributed by atoms with E-state index in [2.05, 4.69) is 306 Å². The number of anilines is 6. The van der Waals surface area contributed by atoms with Gasteiger partial charge >= 0.3 is 0 Å². The number of rotatable bonds is 10. The number of aromatic nitrogens is 2. The number of benzene rings is 13. The summed E-state index contributed by atoms with van der Waals surface area (Å²) >= 11 is 3.64. The molecule has 4 nitrogen and oxygen atoms in total. The van der Waals surface area contributed by atoms with Crippen LogP contribution in [0.4, 0.5) is 34.3 Å². The van der Waals surface area contributed by atoms with Crippen molar-refractivity contribution in [2.24, 2.45) is 0 Å². The first-order valence-corrected chi connectivity index (χ1v) is 32.2. The molecule has 0 aliphatic heterocycles. The first-order valence-electron chi connectivity index (χ1n) is 30.6. The van der Waals surface area contributed by atoms with Gasteiger partial charge in [0.25, 0.3) is 0 Å². The molecule has 2 aliphatic rings. The van der Waals surface area contributed by atoms with Crippen LogP contribution in [0.5, 0.6) is 0 Å². The molecule has 0 saturated carbocycles. The minimum atomic E-state index is 0.880. The van der Waals surface area contributed by atoms with E-state index in [1.165, 1.54) is 145 Å². The molecule has 4 heterocycles. The second-order valence-corrected chi connectivity index (χ2v) is 25.8. The monoisotopic (exact) mass is 1180 g/mol. The second kappa shape index (κ2) is 20.1. The average Bonchev–Trinajstić information content (AvgIpc) is 1.59. The summed E-state index contributed by atoms with van der Waals surface area (Å²) in [4.78, 5) is 14.6. The van der Waals surface area contributed by atoms with Crippen LogP contribution in [-0.4, -0.2) is 9.97 Å². The standard InChI is InChI=1S/C84H50N4S2/c1-3-11-51(12-4-1)53-21-23-54(24-22-53)56-27-33-60(34-28-56)88(81-48-80-75(50-86-81)65-16-7-8-20-77(65)90-80)76-41-40-68-64-38-30-58(45-71(64)67-18-10-19-70(76)83(67)68)63-37-29-57-15-9-17-66-72-46-61(35-39-69(72)84(63)82(57)66)87(59-31-25-55(26-32-59)52-13-5-2-6-14-52)62-36-42-78-73(47-62)74-49-85-44-43-79(74)89-78/h1-50H. The molecule has 13 aromatic carbocycles. The fourth-order valence-electron chi connectivity index (χ4n) is 14.5. The van der Waals surface area contributed by atoms with Crippen LogP contribution in [0.25, 0.3) is 151 Å². The van der Waals surface area contributed by atoms with E-state index in [-0.39, 0.29) is 0 Å². The van der Waals surface area contributed by atoms with Crippen LogP contribution in [0.2, 0.25) is 0 Å². The molecule has 19 rings (SSSR count). The van der Waals surface area contributed by atoms with Gasteiger partial charge in [0.2, 0.25) is 0 Å². The van der Waals surface area contributed by atoms with Gasteiger partial charge in [-0.1, -0.05) is 200 Å². The third-order valence-corrected chi connectivity index (χ3v) is 21.0. The SMILES string of the molecule is c1ccc(-c2ccc(-c3ccc(N(c4cc5sc6ccccc6c5cn4)c4ccc5c6c(cccc46)-c4cc(-c6ccc7cccc8c7c6-c6ccc(N(c7ccc(-c9ccccc9)cc7)c7ccc9sc%10ccncc%10c9c7)cc6-8)ccc4-5)cc3)cc2)cc1. The maximum absolute atomic E-state index is 5.31. The van der Waals surface area contributed by atoms with E-state index in [0.717, 1.165) is 39.8 Å². The maximum Gasteiger partial charge on any atom is 0.138 e. The first-order chi connectivity index (χ1) is 44.6. The topological polar surface area (TPSA) is 32.3 Å². The van der Waals surface area contributed by atoms with Gasteiger partial charge in [-0.3, -0.25) is 9.88 Å². The lowest BCUT2D eigenvalue weighted by molar-refractivity contribution is 1.20. The molecular formula is C84H50N4S2. The molecule has 90 heavy (non-hydrogen) atoms. The van der Waals surface area contributed by atoms with Crippen molar-refractivity contribution < 1.29 is 0 Å². The van der Waals surface area contributed by atoms with Gasteiger partial charge in [-0.15, -0.1) is 22.7 Å². The minimum absolute atomic E-state index is 0.880. The average molecular weight is 1180 g/mol. The van der Waals surface area contributed by atoms with Crippen molar-refractivity contribution in [3.63, 3.8) is 0 Å². The van der Waals surface area contributed by atoms with Crippen LogP contribution >= 0.6 is 22.7 Å². The molecular weight excluding hydrogens is 1130 g/mol. The highest BCUT2D eigenvalue weighted by atomic mass is 32.1. The Morgan fingerprint density at radius 1 is 0.267 bits per heavy atom. The molecule has 418 valence electrons. The van der Waals surface area contributed by atoms with Crippen LogP contribution in [0, 0.1) is 0 Å². The van der Waals surface area contributed by atoms with E-state index in [4.69, 9.17) is 4.98 Å². The lowest BCUT2D eigenvalue weighted by Gasteiger charge is -2.26. The van der Waals surface area contributed by atoms with Gasteiger partial charge in [0.15, 0.2) is 0 Å². The molecule has 17 aromatic rings. The zero-order chi connectivity index (χ0) is 59.0. The van der Waals surface area contributed by atoms with Gasteiger partial charge in [0, 0.05) is 87.1 Å². The zero-order valence-electron chi connectivity index (χ0n) is 48.5. The highest BCUT2D eigenvalue weighted by Crippen LogP contribution is 2.56. The summed E-state index contributed by atoms with van der Waals surface area (Å²) in [5, 5.41) is 9.79. The van der Waals surface area contributed by atoms with Crippen molar-refractivity contribution in [2.75, 3.05) is 9.80 Å². The molecule has 0 bridgehead atoms. The molecule has 0 saturated heterocycles. The van der Waals surface area contributed by atoms with Crippen LogP contribution in [0.15, 0.2) is 304 Å². The van der Waals surface area contributed by atoms with Gasteiger partial charge in [-0.05, 0) is 190 Å². The summed E-state index contributed by atoms with van der Waals surface area (Å²) in [6.45, 7) is 0. The van der Waals surface area contributed by atoms with Crippen LogP contribution < -0.4 is 9.80 Å². The van der Waals surface area contributed by atoms with Crippen molar-refractivity contribution >= 4 is 119 Å². The van der Waals surface area contributed by atoms with Crippen molar-refractivity contribution in [1.82, 2.24) is 9.97 Å². The largest absolute Gasteiger partial charge is 0.310 e. The predicted octanol–water partition coefficient (Wildman–Crippen LogP) is 24.4. The molecule has 0 unspecified atom stereocenters. The van der Waals surface area contributed by atoms with E-state index in [9.17, 15) is 0 Å². The summed E-state index contributed by atoms with van der Waals surface area (Å²) < 4.78 is 4.97. The lowest BCUT2D eigenvalue weighted by atomic mass is 9.90. The highest BCUT2D eigenvalue weighted by Gasteiger charge is 2.30. The Hall–Kier alpha value is -11.3. The molecule has 0 atom stereocenters. The fraction of sp³-hybridized carbons (Fsp3) is 0. The number of hydrogen-bond donors (Lipinski definition) is 0. The first kappa shape index (κ1) is 50.8. The number of thiophene rings is 2. The van der Waals surface area contributed by atoms with Gasteiger partial charge in [0.1, 0.15) is 5.82 Å². The highest BCUT2D eigenvalue weighted by molar-refractivity contribution is 7.26.